The SMILES string of the molecule is COc1ccc(-n2cc(C(=O)NCC(C)(C)CN(C)C)ccc2=O)cc1. The molecule has 6 nitrogen and oxygen atoms in total. The summed E-state index contributed by atoms with van der Waals surface area (Å²) in [6.45, 7) is 5.61. The maximum absolute atomic E-state index is 12.5. The minimum atomic E-state index is -0.195. The Hall–Kier alpha value is -2.60. The van der Waals surface area contributed by atoms with Crippen LogP contribution in [-0.2, 0) is 0 Å². The van der Waals surface area contributed by atoms with Crippen LogP contribution in [0.1, 0.15) is 24.2 Å². The number of carbonyl (C=O) groups is 1. The molecule has 1 aromatic heterocycles. The smallest absolute Gasteiger partial charge is 0.255 e. The summed E-state index contributed by atoms with van der Waals surface area (Å²) in [5.41, 5.74) is 0.878. The van der Waals surface area contributed by atoms with E-state index in [1.807, 2.05) is 14.1 Å². The Kier molecular flexibility index (Phi) is 6.21. The number of ether oxygens (including phenoxy) is 1. The molecule has 1 amide bonds. The van der Waals surface area contributed by atoms with Crippen LogP contribution in [0, 0.1) is 5.41 Å². The highest BCUT2D eigenvalue weighted by Gasteiger charge is 2.20. The molecule has 0 aliphatic heterocycles. The summed E-state index contributed by atoms with van der Waals surface area (Å²) in [4.78, 5) is 26.8. The number of rotatable bonds is 7. The lowest BCUT2D eigenvalue weighted by Gasteiger charge is -2.28. The molecule has 0 aliphatic carbocycles. The van der Waals surface area contributed by atoms with Gasteiger partial charge in [0.1, 0.15) is 5.75 Å². The quantitative estimate of drug-likeness (QED) is 0.825. The van der Waals surface area contributed by atoms with Gasteiger partial charge in [-0.1, -0.05) is 13.8 Å². The van der Waals surface area contributed by atoms with E-state index in [9.17, 15) is 9.59 Å². The van der Waals surface area contributed by atoms with E-state index in [1.54, 1.807) is 43.6 Å². The van der Waals surface area contributed by atoms with Crippen LogP contribution in [0.25, 0.3) is 5.69 Å². The van der Waals surface area contributed by atoms with E-state index in [0.717, 1.165) is 6.54 Å². The number of nitrogens with one attached hydrogen (secondary N) is 1. The summed E-state index contributed by atoms with van der Waals surface area (Å²) in [5.74, 6) is 0.512. The molecule has 6 heteroatoms. The molecule has 0 radical (unpaired) electrons. The Morgan fingerprint density at radius 3 is 2.38 bits per heavy atom. The number of aromatic nitrogens is 1. The summed E-state index contributed by atoms with van der Waals surface area (Å²) < 4.78 is 6.59. The van der Waals surface area contributed by atoms with Crippen LogP contribution in [-0.4, -0.2) is 49.7 Å². The molecule has 0 aliphatic rings. The molecule has 26 heavy (non-hydrogen) atoms. The van der Waals surface area contributed by atoms with Crippen LogP contribution in [0.2, 0.25) is 0 Å². The van der Waals surface area contributed by atoms with Crippen molar-refractivity contribution in [3.8, 4) is 11.4 Å². The second-order valence-corrected chi connectivity index (χ2v) is 7.41. The van der Waals surface area contributed by atoms with Crippen molar-refractivity contribution in [2.75, 3.05) is 34.3 Å². The predicted molar refractivity (Wildman–Crippen MR) is 103 cm³/mol. The number of hydrogen-bond acceptors (Lipinski definition) is 4. The Balaban J connectivity index is 2.17. The van der Waals surface area contributed by atoms with E-state index in [0.29, 0.717) is 23.5 Å². The van der Waals surface area contributed by atoms with E-state index in [2.05, 4.69) is 24.1 Å². The third kappa shape index (κ3) is 5.20. The standard InChI is InChI=1S/C20H27N3O3/c1-20(2,14-22(3)4)13-21-19(25)15-6-11-18(24)23(12-15)16-7-9-17(26-5)10-8-16/h6-12H,13-14H2,1-5H3,(H,21,25). The number of pyridine rings is 1. The van der Waals surface area contributed by atoms with E-state index in [1.165, 1.54) is 10.6 Å². The van der Waals surface area contributed by atoms with Gasteiger partial charge in [0, 0.05) is 31.0 Å². The van der Waals surface area contributed by atoms with Gasteiger partial charge in [-0.3, -0.25) is 14.2 Å². The normalized spacial score (nSPS) is 11.5. The first-order valence-electron chi connectivity index (χ1n) is 8.52. The van der Waals surface area contributed by atoms with E-state index in [-0.39, 0.29) is 16.9 Å². The van der Waals surface area contributed by atoms with Crippen molar-refractivity contribution >= 4 is 5.91 Å². The number of hydrogen-bond donors (Lipinski definition) is 1. The molecule has 0 saturated carbocycles. The first-order valence-corrected chi connectivity index (χ1v) is 8.52. The van der Waals surface area contributed by atoms with Crippen molar-refractivity contribution in [2.45, 2.75) is 13.8 Å². The molecule has 0 saturated heterocycles. The maximum atomic E-state index is 12.5. The Bertz CT molecular complexity index is 808. The van der Waals surface area contributed by atoms with Gasteiger partial charge in [0.25, 0.3) is 11.5 Å². The largest absolute Gasteiger partial charge is 0.497 e. The van der Waals surface area contributed by atoms with Crippen LogP contribution in [0.15, 0.2) is 47.4 Å². The molecule has 1 N–H and O–H groups in total. The first kappa shape index (κ1) is 19.7. The first-order chi connectivity index (χ1) is 12.2. The molecular weight excluding hydrogens is 330 g/mol. The van der Waals surface area contributed by atoms with E-state index >= 15 is 0 Å². The summed E-state index contributed by atoms with van der Waals surface area (Å²) >= 11 is 0. The fourth-order valence-corrected chi connectivity index (χ4v) is 2.90. The van der Waals surface area contributed by atoms with Crippen molar-refractivity contribution in [1.29, 1.82) is 0 Å². The number of benzene rings is 1. The van der Waals surface area contributed by atoms with Gasteiger partial charge in [0.05, 0.1) is 12.7 Å². The van der Waals surface area contributed by atoms with Crippen LogP contribution in [0.5, 0.6) is 5.75 Å². The summed E-state index contributed by atoms with van der Waals surface area (Å²) in [6, 6.07) is 10.1. The van der Waals surface area contributed by atoms with Crippen LogP contribution in [0.3, 0.4) is 0 Å². The molecule has 140 valence electrons. The molecular formula is C20H27N3O3. The van der Waals surface area contributed by atoms with Gasteiger partial charge in [0.15, 0.2) is 0 Å². The van der Waals surface area contributed by atoms with E-state index in [4.69, 9.17) is 4.74 Å². The van der Waals surface area contributed by atoms with Crippen molar-refractivity contribution in [3.63, 3.8) is 0 Å². The van der Waals surface area contributed by atoms with Crippen molar-refractivity contribution in [2.24, 2.45) is 5.41 Å². The molecule has 0 atom stereocenters. The van der Waals surface area contributed by atoms with Crippen LogP contribution < -0.4 is 15.6 Å². The molecule has 1 aromatic carbocycles. The van der Waals surface area contributed by atoms with Gasteiger partial charge in [-0.2, -0.15) is 0 Å². The fourth-order valence-electron chi connectivity index (χ4n) is 2.90. The van der Waals surface area contributed by atoms with Gasteiger partial charge in [-0.25, -0.2) is 0 Å². The Labute approximate surface area is 154 Å². The Morgan fingerprint density at radius 1 is 1.15 bits per heavy atom. The highest BCUT2D eigenvalue weighted by atomic mass is 16.5. The lowest BCUT2D eigenvalue weighted by molar-refractivity contribution is 0.0928. The lowest BCUT2D eigenvalue weighted by Crippen LogP contribution is -2.40. The number of amides is 1. The second kappa shape index (κ2) is 8.19. The monoisotopic (exact) mass is 357 g/mol. The van der Waals surface area contributed by atoms with Crippen LogP contribution >= 0.6 is 0 Å². The minimum Gasteiger partial charge on any atom is -0.497 e. The summed E-state index contributed by atoms with van der Waals surface area (Å²) in [7, 11) is 5.60. The summed E-state index contributed by atoms with van der Waals surface area (Å²) in [6.07, 6.45) is 1.57. The molecule has 0 bridgehead atoms. The molecule has 0 unspecified atom stereocenters. The van der Waals surface area contributed by atoms with Gasteiger partial charge in [-0.05, 0) is 49.8 Å². The zero-order valence-electron chi connectivity index (χ0n) is 16.1. The van der Waals surface area contributed by atoms with Gasteiger partial charge < -0.3 is 15.0 Å². The average molecular weight is 357 g/mol. The minimum absolute atomic E-state index is 0.0520. The highest BCUT2D eigenvalue weighted by molar-refractivity contribution is 5.93. The molecule has 0 spiro atoms. The summed E-state index contributed by atoms with van der Waals surface area (Å²) in [5, 5.41) is 2.96. The van der Waals surface area contributed by atoms with Crippen molar-refractivity contribution < 1.29 is 9.53 Å². The number of carbonyl (C=O) groups excluding carboxylic acids is 1. The van der Waals surface area contributed by atoms with Gasteiger partial charge in [0.2, 0.25) is 0 Å². The highest BCUT2D eigenvalue weighted by Crippen LogP contribution is 2.16. The van der Waals surface area contributed by atoms with Crippen molar-refractivity contribution in [3.05, 3.63) is 58.5 Å². The maximum Gasteiger partial charge on any atom is 0.255 e. The third-order valence-corrected chi connectivity index (χ3v) is 4.00. The molecule has 1 heterocycles. The predicted octanol–water partition coefficient (Wildman–Crippen LogP) is 2.16. The zero-order valence-corrected chi connectivity index (χ0v) is 16.1. The molecule has 2 aromatic rings. The van der Waals surface area contributed by atoms with Gasteiger partial charge >= 0.3 is 0 Å². The fraction of sp³-hybridized carbons (Fsp3) is 0.400. The van der Waals surface area contributed by atoms with Crippen molar-refractivity contribution in [1.82, 2.24) is 14.8 Å². The number of nitrogens with zero attached hydrogens (tertiary/aromatic N) is 2. The Morgan fingerprint density at radius 2 is 1.81 bits per heavy atom. The lowest BCUT2D eigenvalue weighted by atomic mass is 9.93. The van der Waals surface area contributed by atoms with Gasteiger partial charge in [-0.15, -0.1) is 0 Å². The number of methoxy groups -OCH3 is 1. The third-order valence-electron chi connectivity index (χ3n) is 4.00. The average Bonchev–Trinajstić information content (AvgIpc) is 2.59. The molecule has 0 fully saturated rings. The van der Waals surface area contributed by atoms with Crippen LogP contribution in [0.4, 0.5) is 0 Å². The topological polar surface area (TPSA) is 63.6 Å². The zero-order chi connectivity index (χ0) is 19.3. The van der Waals surface area contributed by atoms with E-state index < -0.39 is 0 Å². The molecule has 2 rings (SSSR count). The second-order valence-electron chi connectivity index (χ2n) is 7.41.